The number of fused-ring (bicyclic) bond motifs is 3. The van der Waals surface area contributed by atoms with Gasteiger partial charge in [-0.15, -0.1) is 0 Å². The molecule has 0 saturated heterocycles. The van der Waals surface area contributed by atoms with Crippen molar-refractivity contribution in [2.24, 2.45) is 5.92 Å². The van der Waals surface area contributed by atoms with Crippen LogP contribution in [0, 0.1) is 5.92 Å². The second-order valence-corrected chi connectivity index (χ2v) is 9.03. The summed E-state index contributed by atoms with van der Waals surface area (Å²) in [5.74, 6) is 0.400. The van der Waals surface area contributed by atoms with Gasteiger partial charge in [0.05, 0.1) is 6.04 Å². The van der Waals surface area contributed by atoms with E-state index in [0.717, 1.165) is 23.2 Å². The molecule has 3 aromatic carbocycles. The van der Waals surface area contributed by atoms with E-state index < -0.39 is 0 Å². The minimum absolute atomic E-state index is 0.0363. The Morgan fingerprint density at radius 1 is 0.900 bits per heavy atom. The van der Waals surface area contributed by atoms with Crippen molar-refractivity contribution in [1.82, 2.24) is 0 Å². The Morgan fingerprint density at radius 2 is 1.70 bits per heavy atom. The lowest BCUT2D eigenvalue weighted by Gasteiger charge is -2.39. The number of anilines is 1. The van der Waals surface area contributed by atoms with Gasteiger partial charge in [-0.05, 0) is 47.7 Å². The van der Waals surface area contributed by atoms with Crippen LogP contribution in [-0.2, 0) is 0 Å². The van der Waals surface area contributed by atoms with E-state index in [1.165, 1.54) is 0 Å². The summed E-state index contributed by atoms with van der Waals surface area (Å²) in [5.41, 5.74) is 4.09. The number of carbonyl (C=O) groups is 1. The van der Waals surface area contributed by atoms with Crippen molar-refractivity contribution < 1.29 is 4.79 Å². The van der Waals surface area contributed by atoms with E-state index in [-0.39, 0.29) is 23.7 Å². The molecular weight excluding hydrogens is 437 g/mol. The first-order chi connectivity index (χ1) is 14.5. The molecule has 0 amide bonds. The molecule has 0 aromatic heterocycles. The van der Waals surface area contributed by atoms with E-state index in [0.29, 0.717) is 26.2 Å². The summed E-state index contributed by atoms with van der Waals surface area (Å²) in [6.07, 6.45) is 5.34. The average Bonchev–Trinajstić information content (AvgIpc) is 3.24. The summed E-state index contributed by atoms with van der Waals surface area (Å²) in [5, 5.41) is 5.44. The van der Waals surface area contributed by atoms with Crippen LogP contribution in [0.3, 0.4) is 0 Å². The number of hydrogen-bond acceptors (Lipinski definition) is 2. The van der Waals surface area contributed by atoms with Gasteiger partial charge in [-0.3, -0.25) is 4.79 Å². The van der Waals surface area contributed by atoms with Crippen LogP contribution < -0.4 is 5.32 Å². The van der Waals surface area contributed by atoms with Crippen molar-refractivity contribution in [1.29, 1.82) is 0 Å². The quantitative estimate of drug-likeness (QED) is 0.324. The van der Waals surface area contributed by atoms with E-state index in [4.69, 9.17) is 34.8 Å². The predicted molar refractivity (Wildman–Crippen MR) is 124 cm³/mol. The molecule has 1 N–H and O–H groups in total. The Morgan fingerprint density at radius 3 is 2.47 bits per heavy atom. The maximum absolute atomic E-state index is 13.4. The summed E-state index contributed by atoms with van der Waals surface area (Å²) >= 11 is 19.2. The molecule has 0 radical (unpaired) electrons. The lowest BCUT2D eigenvalue weighted by atomic mass is 9.76. The molecule has 30 heavy (non-hydrogen) atoms. The van der Waals surface area contributed by atoms with E-state index in [1.807, 2.05) is 48.5 Å². The van der Waals surface area contributed by atoms with Gasteiger partial charge in [0, 0.05) is 37.8 Å². The Hall–Kier alpha value is -2.26. The van der Waals surface area contributed by atoms with Crippen LogP contribution >= 0.6 is 34.8 Å². The second-order valence-electron chi connectivity index (χ2n) is 7.75. The van der Waals surface area contributed by atoms with Gasteiger partial charge in [0.1, 0.15) is 0 Å². The van der Waals surface area contributed by atoms with E-state index >= 15 is 0 Å². The number of benzene rings is 3. The van der Waals surface area contributed by atoms with Crippen LogP contribution in [0.1, 0.15) is 45.4 Å². The molecule has 2 aliphatic rings. The molecule has 0 saturated carbocycles. The Labute approximate surface area is 190 Å². The van der Waals surface area contributed by atoms with Crippen molar-refractivity contribution in [2.45, 2.75) is 18.4 Å². The lowest BCUT2D eigenvalue weighted by molar-refractivity contribution is 0.103. The van der Waals surface area contributed by atoms with Crippen molar-refractivity contribution in [3.63, 3.8) is 0 Å². The number of hydrogen-bond donors (Lipinski definition) is 1. The van der Waals surface area contributed by atoms with Gasteiger partial charge < -0.3 is 5.32 Å². The summed E-state index contributed by atoms with van der Waals surface area (Å²) in [4.78, 5) is 13.4. The van der Waals surface area contributed by atoms with E-state index in [9.17, 15) is 4.79 Å². The molecule has 0 bridgehead atoms. The zero-order valence-corrected chi connectivity index (χ0v) is 18.2. The fourth-order valence-corrected chi connectivity index (χ4v) is 5.40. The minimum Gasteiger partial charge on any atom is -0.377 e. The molecule has 1 heterocycles. The first kappa shape index (κ1) is 19.7. The summed E-state index contributed by atoms with van der Waals surface area (Å²) in [6, 6.07) is 18.6. The van der Waals surface area contributed by atoms with Crippen molar-refractivity contribution in [3.05, 3.63) is 110 Å². The number of halogens is 3. The smallest absolute Gasteiger partial charge is 0.195 e. The SMILES string of the molecule is O=C(c1ccccc1)c1cc(Cl)cc2c1N[C@H](c1ccc(Cl)cc1Cl)[C@H]1CC=C[C@@H]21. The molecule has 0 unspecified atom stereocenters. The molecule has 0 fully saturated rings. The first-order valence-corrected chi connectivity index (χ1v) is 11.0. The second kappa shape index (κ2) is 7.77. The number of nitrogens with one attached hydrogen (secondary N) is 1. The highest BCUT2D eigenvalue weighted by Gasteiger charge is 2.40. The molecule has 3 atom stereocenters. The number of allylic oxidation sites excluding steroid dienone is 2. The standard InChI is InChI=1S/C25H18Cl3NO/c26-15-9-10-19(22(28)13-15)23-18-8-4-7-17(18)20-11-16(27)12-21(24(20)29-23)25(30)14-5-2-1-3-6-14/h1-7,9-13,17-18,23,29H,8H2/t17-,18+,23+/m1/s1. The average molecular weight is 455 g/mol. The number of rotatable bonds is 3. The fourth-order valence-electron chi connectivity index (χ4n) is 4.65. The van der Waals surface area contributed by atoms with Crippen molar-refractivity contribution in [2.75, 3.05) is 5.32 Å². The molecule has 0 spiro atoms. The van der Waals surface area contributed by atoms with Gasteiger partial charge in [0.25, 0.3) is 0 Å². The Kier molecular flexibility index (Phi) is 5.10. The third-order valence-corrected chi connectivity index (χ3v) is 6.79. The zero-order chi connectivity index (χ0) is 20.8. The minimum atomic E-state index is -0.0526. The highest BCUT2D eigenvalue weighted by Crippen LogP contribution is 2.52. The Bertz CT molecular complexity index is 1170. The maximum atomic E-state index is 13.4. The fraction of sp³-hybridized carbons (Fsp3) is 0.160. The molecule has 1 aliphatic heterocycles. The van der Waals surface area contributed by atoms with Crippen LogP contribution in [0.25, 0.3) is 0 Å². The summed E-state index contributed by atoms with van der Waals surface area (Å²) in [7, 11) is 0. The third-order valence-electron chi connectivity index (χ3n) is 6.01. The lowest BCUT2D eigenvalue weighted by Crippen LogP contribution is -2.30. The van der Waals surface area contributed by atoms with Crippen molar-refractivity contribution in [3.8, 4) is 0 Å². The maximum Gasteiger partial charge on any atom is 0.195 e. The highest BCUT2D eigenvalue weighted by atomic mass is 35.5. The number of carbonyl (C=O) groups excluding carboxylic acids is 1. The van der Waals surface area contributed by atoms with Crippen LogP contribution in [0.2, 0.25) is 15.1 Å². The highest BCUT2D eigenvalue weighted by molar-refractivity contribution is 6.35. The largest absolute Gasteiger partial charge is 0.377 e. The molecule has 5 rings (SSSR count). The molecular formula is C25H18Cl3NO. The van der Waals surface area contributed by atoms with Crippen LogP contribution in [0.5, 0.6) is 0 Å². The Balaban J connectivity index is 1.66. The molecule has 3 aromatic rings. The van der Waals surface area contributed by atoms with Gasteiger partial charge in [0.2, 0.25) is 0 Å². The van der Waals surface area contributed by atoms with Crippen molar-refractivity contribution >= 4 is 46.3 Å². The predicted octanol–water partition coefficient (Wildman–Crippen LogP) is 7.70. The van der Waals surface area contributed by atoms with Gasteiger partial charge in [0.15, 0.2) is 5.78 Å². The topological polar surface area (TPSA) is 29.1 Å². The van der Waals surface area contributed by atoms with E-state index in [1.54, 1.807) is 12.1 Å². The van der Waals surface area contributed by atoms with Gasteiger partial charge in [-0.1, -0.05) is 83.4 Å². The van der Waals surface area contributed by atoms with Crippen LogP contribution in [0.15, 0.2) is 72.8 Å². The number of ketones is 1. The van der Waals surface area contributed by atoms with Crippen LogP contribution in [-0.4, -0.2) is 5.78 Å². The van der Waals surface area contributed by atoms with Gasteiger partial charge in [-0.2, -0.15) is 0 Å². The van der Waals surface area contributed by atoms with Crippen LogP contribution in [0.4, 0.5) is 5.69 Å². The zero-order valence-electron chi connectivity index (χ0n) is 15.9. The monoisotopic (exact) mass is 453 g/mol. The molecule has 1 aliphatic carbocycles. The molecule has 150 valence electrons. The first-order valence-electron chi connectivity index (χ1n) is 9.84. The molecule has 5 heteroatoms. The van der Waals surface area contributed by atoms with E-state index in [2.05, 4.69) is 17.5 Å². The third kappa shape index (κ3) is 3.33. The summed E-state index contributed by atoms with van der Waals surface area (Å²) < 4.78 is 0. The van der Waals surface area contributed by atoms with Gasteiger partial charge in [-0.25, -0.2) is 0 Å². The molecule has 2 nitrogen and oxygen atoms in total. The normalized spacial score (nSPS) is 21.6. The summed E-state index contributed by atoms with van der Waals surface area (Å²) in [6.45, 7) is 0. The van der Waals surface area contributed by atoms with Gasteiger partial charge >= 0.3 is 0 Å².